The van der Waals surface area contributed by atoms with Gasteiger partial charge in [-0.15, -0.1) is 0 Å². The number of nitriles is 1. The van der Waals surface area contributed by atoms with E-state index in [0.717, 1.165) is 16.8 Å². The van der Waals surface area contributed by atoms with Gasteiger partial charge in [-0.2, -0.15) is 5.26 Å². The van der Waals surface area contributed by atoms with Crippen LogP contribution in [0.4, 0.5) is 11.4 Å². The van der Waals surface area contributed by atoms with Gasteiger partial charge in [0.1, 0.15) is 11.6 Å². The lowest BCUT2D eigenvalue weighted by Crippen LogP contribution is -2.49. The maximum Gasteiger partial charge on any atom is 0.269 e. The van der Waals surface area contributed by atoms with Crippen LogP contribution in [-0.4, -0.2) is 41.9 Å². The second kappa shape index (κ2) is 8.35. The van der Waals surface area contributed by atoms with Gasteiger partial charge in [-0.05, 0) is 30.7 Å². The summed E-state index contributed by atoms with van der Waals surface area (Å²) in [6.45, 7) is 4.17. The average Bonchev–Trinajstić information content (AvgIpc) is 2.73. The summed E-state index contributed by atoms with van der Waals surface area (Å²) >= 11 is 0. The van der Waals surface area contributed by atoms with Crippen LogP contribution in [0.25, 0.3) is 6.08 Å². The first-order chi connectivity index (χ1) is 13.5. The first-order valence-corrected chi connectivity index (χ1v) is 8.95. The van der Waals surface area contributed by atoms with E-state index in [9.17, 15) is 20.2 Å². The van der Waals surface area contributed by atoms with Crippen molar-refractivity contribution in [2.45, 2.75) is 6.92 Å². The molecule has 0 atom stereocenters. The number of nitrogens with zero attached hydrogens (tertiary/aromatic N) is 4. The first kappa shape index (κ1) is 19.1. The van der Waals surface area contributed by atoms with Gasteiger partial charge in [-0.25, -0.2) is 0 Å². The molecule has 0 radical (unpaired) electrons. The highest BCUT2D eigenvalue weighted by Crippen LogP contribution is 2.21. The molecule has 1 heterocycles. The number of hydrogen-bond acceptors (Lipinski definition) is 5. The fourth-order valence-corrected chi connectivity index (χ4v) is 3.09. The Balaban J connectivity index is 1.64. The molecule has 1 saturated heterocycles. The Bertz CT molecular complexity index is 935. The minimum atomic E-state index is -0.426. The molecule has 1 amide bonds. The Morgan fingerprint density at radius 1 is 1.07 bits per heavy atom. The highest BCUT2D eigenvalue weighted by atomic mass is 16.6. The minimum Gasteiger partial charge on any atom is -0.368 e. The van der Waals surface area contributed by atoms with Crippen LogP contribution in [0.3, 0.4) is 0 Å². The Hall–Kier alpha value is -3.66. The number of piperazine rings is 1. The molecule has 0 N–H and O–H groups in total. The van der Waals surface area contributed by atoms with E-state index >= 15 is 0 Å². The van der Waals surface area contributed by atoms with Crippen molar-refractivity contribution >= 4 is 23.4 Å². The molecule has 0 spiro atoms. The van der Waals surface area contributed by atoms with Crippen molar-refractivity contribution in [1.29, 1.82) is 5.26 Å². The predicted molar refractivity (Wildman–Crippen MR) is 107 cm³/mol. The first-order valence-electron chi connectivity index (χ1n) is 8.95. The molecule has 1 fully saturated rings. The van der Waals surface area contributed by atoms with Gasteiger partial charge in [0.15, 0.2) is 0 Å². The van der Waals surface area contributed by atoms with E-state index in [1.807, 2.05) is 37.3 Å². The zero-order valence-electron chi connectivity index (χ0n) is 15.5. The van der Waals surface area contributed by atoms with Gasteiger partial charge in [0.05, 0.1) is 4.92 Å². The third-order valence-corrected chi connectivity index (χ3v) is 4.73. The van der Waals surface area contributed by atoms with Gasteiger partial charge in [0, 0.05) is 44.0 Å². The summed E-state index contributed by atoms with van der Waals surface area (Å²) in [4.78, 5) is 26.8. The maximum absolute atomic E-state index is 12.7. The predicted octanol–water partition coefficient (Wildman–Crippen LogP) is 3.16. The van der Waals surface area contributed by atoms with E-state index in [1.54, 1.807) is 23.1 Å². The summed E-state index contributed by atoms with van der Waals surface area (Å²) < 4.78 is 0. The number of nitro groups is 1. The fraction of sp³-hybridized carbons (Fsp3) is 0.238. The summed E-state index contributed by atoms with van der Waals surface area (Å²) in [5.74, 6) is -0.272. The quantitative estimate of drug-likeness (QED) is 0.354. The number of non-ortho nitro benzene ring substituents is 1. The van der Waals surface area contributed by atoms with Crippen molar-refractivity contribution in [3.05, 3.63) is 75.3 Å². The number of amides is 1. The van der Waals surface area contributed by atoms with Crippen LogP contribution in [0, 0.1) is 28.4 Å². The molecule has 1 aliphatic rings. The van der Waals surface area contributed by atoms with E-state index in [4.69, 9.17) is 0 Å². The van der Waals surface area contributed by atoms with Crippen LogP contribution in [0.5, 0.6) is 0 Å². The molecule has 7 heteroatoms. The van der Waals surface area contributed by atoms with Gasteiger partial charge in [-0.3, -0.25) is 14.9 Å². The summed E-state index contributed by atoms with van der Waals surface area (Å²) in [5, 5.41) is 20.2. The number of benzene rings is 2. The number of nitro benzene ring substituents is 1. The lowest BCUT2D eigenvalue weighted by Gasteiger charge is -2.36. The minimum absolute atomic E-state index is 0.0532. The van der Waals surface area contributed by atoms with Crippen molar-refractivity contribution in [3.8, 4) is 6.07 Å². The Morgan fingerprint density at radius 3 is 2.21 bits per heavy atom. The number of anilines is 1. The molecule has 1 aliphatic heterocycles. The molecule has 142 valence electrons. The number of carbonyl (C=O) groups excluding carboxylic acids is 1. The van der Waals surface area contributed by atoms with E-state index in [1.165, 1.54) is 12.1 Å². The van der Waals surface area contributed by atoms with Gasteiger partial charge in [-0.1, -0.05) is 29.8 Å². The van der Waals surface area contributed by atoms with E-state index in [-0.39, 0.29) is 17.2 Å². The van der Waals surface area contributed by atoms with Gasteiger partial charge >= 0.3 is 0 Å². The van der Waals surface area contributed by atoms with Crippen LogP contribution < -0.4 is 4.90 Å². The molecular weight excluding hydrogens is 356 g/mol. The van der Waals surface area contributed by atoms with E-state index in [0.29, 0.717) is 26.2 Å². The van der Waals surface area contributed by atoms with Crippen molar-refractivity contribution in [1.82, 2.24) is 4.90 Å². The standard InChI is InChI=1S/C21H20N4O3/c1-16-2-4-17(5-3-16)14-18(15-22)21(26)24-12-10-23(11-13-24)19-6-8-20(9-7-19)25(27)28/h2-9,14H,10-13H2,1H3/b18-14+. The Morgan fingerprint density at radius 2 is 1.68 bits per heavy atom. The number of rotatable bonds is 4. The average molecular weight is 376 g/mol. The SMILES string of the molecule is Cc1ccc(/C=C(\C#N)C(=O)N2CCN(c3ccc([N+](=O)[O-])cc3)CC2)cc1. The molecule has 0 saturated carbocycles. The van der Waals surface area contributed by atoms with Crippen molar-refractivity contribution in [3.63, 3.8) is 0 Å². The molecule has 2 aromatic carbocycles. The maximum atomic E-state index is 12.7. The summed E-state index contributed by atoms with van der Waals surface area (Å²) in [5.41, 5.74) is 2.99. The smallest absolute Gasteiger partial charge is 0.269 e. The van der Waals surface area contributed by atoms with Crippen LogP contribution in [0.1, 0.15) is 11.1 Å². The zero-order valence-corrected chi connectivity index (χ0v) is 15.5. The number of hydrogen-bond donors (Lipinski definition) is 0. The van der Waals surface area contributed by atoms with Crippen LogP contribution in [0.2, 0.25) is 0 Å². The van der Waals surface area contributed by atoms with Crippen molar-refractivity contribution < 1.29 is 9.72 Å². The lowest BCUT2D eigenvalue weighted by atomic mass is 10.1. The van der Waals surface area contributed by atoms with Crippen LogP contribution in [0.15, 0.2) is 54.1 Å². The molecule has 0 aliphatic carbocycles. The monoisotopic (exact) mass is 376 g/mol. The van der Waals surface area contributed by atoms with Gasteiger partial charge < -0.3 is 9.80 Å². The van der Waals surface area contributed by atoms with E-state index in [2.05, 4.69) is 4.90 Å². The largest absolute Gasteiger partial charge is 0.368 e. The summed E-state index contributed by atoms with van der Waals surface area (Å²) in [6, 6.07) is 16.0. The van der Waals surface area contributed by atoms with Crippen molar-refractivity contribution in [2.24, 2.45) is 0 Å². The zero-order chi connectivity index (χ0) is 20.1. The van der Waals surface area contributed by atoms with Crippen molar-refractivity contribution in [2.75, 3.05) is 31.1 Å². The molecular formula is C21H20N4O3. The second-order valence-electron chi connectivity index (χ2n) is 6.63. The summed E-state index contributed by atoms with van der Waals surface area (Å²) in [7, 11) is 0. The molecule has 0 unspecified atom stereocenters. The molecule has 3 rings (SSSR count). The second-order valence-corrected chi connectivity index (χ2v) is 6.63. The Kier molecular flexibility index (Phi) is 5.70. The number of carbonyl (C=O) groups is 1. The van der Waals surface area contributed by atoms with E-state index < -0.39 is 4.92 Å². The molecule has 0 aromatic heterocycles. The highest BCUT2D eigenvalue weighted by Gasteiger charge is 2.24. The van der Waals surface area contributed by atoms with Crippen LogP contribution in [-0.2, 0) is 4.79 Å². The molecule has 7 nitrogen and oxygen atoms in total. The topological polar surface area (TPSA) is 90.5 Å². The molecule has 2 aromatic rings. The number of aryl methyl sites for hydroxylation is 1. The lowest BCUT2D eigenvalue weighted by molar-refractivity contribution is -0.384. The molecule has 0 bridgehead atoms. The normalized spacial score (nSPS) is 14.5. The molecule has 28 heavy (non-hydrogen) atoms. The third-order valence-electron chi connectivity index (χ3n) is 4.73. The van der Waals surface area contributed by atoms with Gasteiger partial charge in [0.2, 0.25) is 0 Å². The Labute approximate surface area is 163 Å². The third kappa shape index (κ3) is 4.35. The van der Waals surface area contributed by atoms with Gasteiger partial charge in [0.25, 0.3) is 11.6 Å². The fourth-order valence-electron chi connectivity index (χ4n) is 3.09. The summed E-state index contributed by atoms with van der Waals surface area (Å²) in [6.07, 6.45) is 1.62. The highest BCUT2D eigenvalue weighted by molar-refractivity contribution is 6.01. The van der Waals surface area contributed by atoms with Crippen LogP contribution >= 0.6 is 0 Å².